The van der Waals surface area contributed by atoms with Crippen LogP contribution in [0.3, 0.4) is 0 Å². The number of rotatable bonds is 9. The van der Waals surface area contributed by atoms with Crippen LogP contribution in [0.5, 0.6) is 0 Å². The SMILES string of the molecule is CN(C)CCCNC(=O)C=CC(=O)Nc1cc2c(Nc3ccc(F)c(Cl)c3)ncnc2cc1Cl. The summed E-state index contributed by atoms with van der Waals surface area (Å²) in [6, 6.07) is 7.38. The van der Waals surface area contributed by atoms with Crippen molar-refractivity contribution in [1.29, 1.82) is 0 Å². The number of nitrogens with one attached hydrogen (secondary N) is 3. The van der Waals surface area contributed by atoms with Gasteiger partial charge in [-0.15, -0.1) is 0 Å². The third-order valence-corrected chi connectivity index (χ3v) is 5.23. The zero-order chi connectivity index (χ0) is 24.7. The van der Waals surface area contributed by atoms with Gasteiger partial charge in [-0.25, -0.2) is 14.4 Å². The summed E-state index contributed by atoms with van der Waals surface area (Å²) in [7, 11) is 3.90. The lowest BCUT2D eigenvalue weighted by Gasteiger charge is -2.12. The lowest BCUT2D eigenvalue weighted by molar-refractivity contribution is -0.117. The summed E-state index contributed by atoms with van der Waals surface area (Å²) in [4.78, 5) is 34.6. The van der Waals surface area contributed by atoms with Crippen LogP contribution in [-0.2, 0) is 9.59 Å². The number of benzene rings is 2. The van der Waals surface area contributed by atoms with Gasteiger partial charge in [0.15, 0.2) is 0 Å². The van der Waals surface area contributed by atoms with Gasteiger partial charge in [-0.05, 0) is 57.4 Å². The molecule has 0 atom stereocenters. The third kappa shape index (κ3) is 7.11. The number of amides is 2. The van der Waals surface area contributed by atoms with Gasteiger partial charge >= 0.3 is 0 Å². The highest BCUT2D eigenvalue weighted by atomic mass is 35.5. The van der Waals surface area contributed by atoms with Gasteiger partial charge < -0.3 is 20.9 Å². The van der Waals surface area contributed by atoms with Crippen LogP contribution in [0.1, 0.15) is 6.42 Å². The molecule has 178 valence electrons. The summed E-state index contributed by atoms with van der Waals surface area (Å²) in [6.45, 7) is 1.36. The summed E-state index contributed by atoms with van der Waals surface area (Å²) in [5.41, 5.74) is 1.36. The Morgan fingerprint density at radius 3 is 2.56 bits per heavy atom. The average Bonchev–Trinajstić information content (AvgIpc) is 2.78. The van der Waals surface area contributed by atoms with Crippen molar-refractivity contribution >= 4 is 63.1 Å². The molecule has 0 aliphatic rings. The molecule has 1 heterocycles. The molecule has 2 aromatic carbocycles. The number of carbonyl (C=O) groups excluding carboxylic acids is 2. The molecule has 0 saturated carbocycles. The predicted molar refractivity (Wildman–Crippen MR) is 133 cm³/mol. The van der Waals surface area contributed by atoms with E-state index < -0.39 is 11.7 Å². The fourth-order valence-electron chi connectivity index (χ4n) is 2.98. The molecule has 0 aliphatic heterocycles. The van der Waals surface area contributed by atoms with E-state index >= 15 is 0 Å². The van der Waals surface area contributed by atoms with Gasteiger partial charge in [-0.2, -0.15) is 0 Å². The van der Waals surface area contributed by atoms with Crippen LogP contribution in [0.25, 0.3) is 10.9 Å². The zero-order valence-corrected chi connectivity index (χ0v) is 20.0. The molecule has 0 aliphatic carbocycles. The number of nitrogens with zero attached hydrogens (tertiary/aromatic N) is 3. The molecule has 3 N–H and O–H groups in total. The van der Waals surface area contributed by atoms with Crippen molar-refractivity contribution in [2.75, 3.05) is 37.8 Å². The van der Waals surface area contributed by atoms with Gasteiger partial charge in [0.05, 0.1) is 21.2 Å². The van der Waals surface area contributed by atoms with Gasteiger partial charge in [-0.3, -0.25) is 9.59 Å². The van der Waals surface area contributed by atoms with Crippen LogP contribution in [-0.4, -0.2) is 53.9 Å². The molecule has 3 aromatic rings. The van der Waals surface area contributed by atoms with Crippen LogP contribution in [0.15, 0.2) is 48.8 Å². The van der Waals surface area contributed by atoms with E-state index in [0.29, 0.717) is 34.6 Å². The molecular weight excluding hydrogens is 482 g/mol. The van der Waals surface area contributed by atoms with Gasteiger partial charge in [0.1, 0.15) is 18.0 Å². The number of carbonyl (C=O) groups is 2. The Kier molecular flexibility index (Phi) is 8.75. The molecule has 0 bridgehead atoms. The quantitative estimate of drug-likeness (QED) is 0.295. The Bertz CT molecular complexity index is 1240. The second-order valence-electron chi connectivity index (χ2n) is 7.60. The fourth-order valence-corrected chi connectivity index (χ4v) is 3.36. The Hall–Kier alpha value is -3.27. The second-order valence-corrected chi connectivity index (χ2v) is 8.41. The summed E-state index contributed by atoms with van der Waals surface area (Å²) in [5.74, 6) is -1.02. The maximum atomic E-state index is 13.5. The molecule has 2 amide bonds. The molecule has 0 spiro atoms. The molecular formula is C23H23Cl2FN6O2. The van der Waals surface area contributed by atoms with E-state index in [0.717, 1.165) is 25.1 Å². The first kappa shape index (κ1) is 25.4. The van der Waals surface area contributed by atoms with Crippen LogP contribution >= 0.6 is 23.2 Å². The van der Waals surface area contributed by atoms with E-state index in [1.807, 2.05) is 19.0 Å². The standard InChI is InChI=1S/C23H23Cl2FN6O2/c1-32(2)9-3-8-27-21(33)6-7-22(34)31-20-11-15-19(12-17(20)25)28-13-29-23(15)30-14-4-5-18(26)16(24)10-14/h4-7,10-13H,3,8-9H2,1-2H3,(H,27,33)(H,31,34)(H,28,29,30). The topological polar surface area (TPSA) is 99.2 Å². The summed E-state index contributed by atoms with van der Waals surface area (Å²) in [5, 5.41) is 9.21. The van der Waals surface area contributed by atoms with Gasteiger partial charge in [0, 0.05) is 29.8 Å². The van der Waals surface area contributed by atoms with Crippen molar-refractivity contribution in [1.82, 2.24) is 20.2 Å². The lowest BCUT2D eigenvalue weighted by atomic mass is 10.2. The molecule has 0 fully saturated rings. The lowest BCUT2D eigenvalue weighted by Crippen LogP contribution is -2.25. The first-order chi connectivity index (χ1) is 16.2. The molecule has 0 radical (unpaired) electrons. The maximum Gasteiger partial charge on any atom is 0.248 e. The van der Waals surface area contributed by atoms with Crippen LogP contribution < -0.4 is 16.0 Å². The normalized spacial score (nSPS) is 11.2. The van der Waals surface area contributed by atoms with Crippen molar-refractivity contribution in [3.63, 3.8) is 0 Å². The maximum absolute atomic E-state index is 13.5. The Morgan fingerprint density at radius 2 is 1.82 bits per heavy atom. The largest absolute Gasteiger partial charge is 0.353 e. The van der Waals surface area contributed by atoms with E-state index in [1.54, 1.807) is 12.1 Å². The van der Waals surface area contributed by atoms with E-state index in [2.05, 4.69) is 25.9 Å². The number of hydrogen-bond donors (Lipinski definition) is 3. The molecule has 11 heteroatoms. The minimum atomic E-state index is -0.535. The van der Waals surface area contributed by atoms with Crippen molar-refractivity contribution in [3.8, 4) is 0 Å². The molecule has 3 rings (SSSR count). The Morgan fingerprint density at radius 1 is 1.06 bits per heavy atom. The van der Waals surface area contributed by atoms with Gasteiger partial charge in [0.2, 0.25) is 11.8 Å². The highest BCUT2D eigenvalue weighted by molar-refractivity contribution is 6.35. The molecule has 0 saturated heterocycles. The first-order valence-corrected chi connectivity index (χ1v) is 11.1. The Balaban J connectivity index is 1.72. The highest BCUT2D eigenvalue weighted by Crippen LogP contribution is 2.32. The van der Waals surface area contributed by atoms with Gasteiger partial charge in [-0.1, -0.05) is 23.2 Å². The van der Waals surface area contributed by atoms with Crippen LogP contribution in [0.2, 0.25) is 10.0 Å². The molecule has 0 unspecified atom stereocenters. The predicted octanol–water partition coefficient (Wildman–Crippen LogP) is 4.38. The average molecular weight is 505 g/mol. The van der Waals surface area contributed by atoms with Crippen molar-refractivity contribution in [2.45, 2.75) is 6.42 Å². The van der Waals surface area contributed by atoms with Crippen LogP contribution in [0.4, 0.5) is 21.6 Å². The second kappa shape index (κ2) is 11.7. The molecule has 8 nitrogen and oxygen atoms in total. The summed E-state index contributed by atoms with van der Waals surface area (Å²) in [6.07, 6.45) is 4.44. The minimum absolute atomic E-state index is 0.0344. The minimum Gasteiger partial charge on any atom is -0.353 e. The van der Waals surface area contributed by atoms with E-state index in [4.69, 9.17) is 23.2 Å². The zero-order valence-electron chi connectivity index (χ0n) is 18.5. The number of halogens is 3. The van der Waals surface area contributed by atoms with E-state index in [9.17, 15) is 14.0 Å². The van der Waals surface area contributed by atoms with E-state index in [1.165, 1.54) is 24.5 Å². The van der Waals surface area contributed by atoms with Crippen molar-refractivity contribution < 1.29 is 14.0 Å². The molecule has 34 heavy (non-hydrogen) atoms. The van der Waals surface area contributed by atoms with E-state index in [-0.39, 0.29) is 16.0 Å². The number of aromatic nitrogens is 2. The van der Waals surface area contributed by atoms with Crippen molar-refractivity contribution in [2.24, 2.45) is 0 Å². The number of anilines is 3. The van der Waals surface area contributed by atoms with Gasteiger partial charge in [0.25, 0.3) is 0 Å². The number of hydrogen-bond acceptors (Lipinski definition) is 6. The highest BCUT2D eigenvalue weighted by Gasteiger charge is 2.12. The third-order valence-electron chi connectivity index (χ3n) is 4.63. The fraction of sp³-hybridized carbons (Fsp3) is 0.217. The van der Waals surface area contributed by atoms with Crippen molar-refractivity contribution in [3.05, 3.63) is 64.7 Å². The first-order valence-electron chi connectivity index (χ1n) is 10.3. The smallest absolute Gasteiger partial charge is 0.248 e. The summed E-state index contributed by atoms with van der Waals surface area (Å²) >= 11 is 12.2. The monoisotopic (exact) mass is 504 g/mol. The van der Waals surface area contributed by atoms with Crippen LogP contribution in [0, 0.1) is 5.82 Å². The molecule has 1 aromatic heterocycles. The Labute approximate surface area is 206 Å². The summed E-state index contributed by atoms with van der Waals surface area (Å²) < 4.78 is 13.5. The number of fused-ring (bicyclic) bond motifs is 1.